The minimum absolute atomic E-state index is 0. The van der Waals surface area contributed by atoms with Crippen molar-refractivity contribution in [3.05, 3.63) is 125 Å². The lowest BCUT2D eigenvalue weighted by Crippen LogP contribution is -2.57. The molecule has 6 aromatic rings. The SMILES string of the molecule is C[C@H]1COC[C@H](C)N1C[C@@H]1Cc2ccccc2CN1C(=O)c1cc2c(cc1-c1cc(C(=O)N(c3ccc(O)cc3)c3ccc4c(ccn4C)c3)c3n1CCCC3)OCO2.Cl. The van der Waals surface area contributed by atoms with Crippen molar-refractivity contribution < 1.29 is 28.9 Å². The van der Waals surface area contributed by atoms with Crippen LogP contribution in [0.2, 0.25) is 0 Å². The molecule has 60 heavy (non-hydrogen) atoms. The molecule has 6 heterocycles. The molecule has 1 fully saturated rings. The van der Waals surface area contributed by atoms with E-state index in [-0.39, 0.29) is 54.9 Å². The van der Waals surface area contributed by atoms with Crippen LogP contribution in [0.25, 0.3) is 22.2 Å². The van der Waals surface area contributed by atoms with Crippen molar-refractivity contribution >= 4 is 46.5 Å². The second-order valence-electron chi connectivity index (χ2n) is 16.6. The van der Waals surface area contributed by atoms with Gasteiger partial charge in [0.2, 0.25) is 6.79 Å². The molecule has 4 aliphatic rings. The van der Waals surface area contributed by atoms with Gasteiger partial charge in [0.25, 0.3) is 11.8 Å². The van der Waals surface area contributed by atoms with Gasteiger partial charge in [-0.2, -0.15) is 0 Å². The van der Waals surface area contributed by atoms with Crippen LogP contribution in [-0.2, 0) is 37.7 Å². The van der Waals surface area contributed by atoms with Gasteiger partial charge >= 0.3 is 0 Å². The Morgan fingerprint density at radius 1 is 0.833 bits per heavy atom. The smallest absolute Gasteiger partial charge is 0.264 e. The highest BCUT2D eigenvalue weighted by Crippen LogP contribution is 2.43. The fraction of sp³-hybridized carbons (Fsp3) is 0.333. The van der Waals surface area contributed by atoms with E-state index in [0.29, 0.717) is 60.2 Å². The van der Waals surface area contributed by atoms with Crippen molar-refractivity contribution in [2.24, 2.45) is 7.05 Å². The molecular formula is C48H50ClN5O6. The highest BCUT2D eigenvalue weighted by Gasteiger charge is 2.38. The third kappa shape index (κ3) is 6.98. The van der Waals surface area contributed by atoms with Crippen LogP contribution in [0.3, 0.4) is 0 Å². The number of nitrogens with zero attached hydrogens (tertiary/aromatic N) is 5. The van der Waals surface area contributed by atoms with Gasteiger partial charge in [-0.15, -0.1) is 12.4 Å². The van der Waals surface area contributed by atoms with E-state index in [1.807, 2.05) is 61.8 Å². The van der Waals surface area contributed by atoms with Gasteiger partial charge in [0.05, 0.1) is 24.3 Å². The highest BCUT2D eigenvalue weighted by molar-refractivity contribution is 6.13. The second kappa shape index (κ2) is 16.0. The average molecular weight is 828 g/mol. The Hall–Kier alpha value is -5.75. The number of benzene rings is 4. The lowest BCUT2D eigenvalue weighted by atomic mass is 9.91. The molecule has 0 saturated carbocycles. The number of phenolic OH excluding ortho intramolecular Hbond substituents is 1. The number of carbonyl (C=O) groups is 2. The molecule has 3 atom stereocenters. The molecule has 2 amide bonds. The Bertz CT molecular complexity index is 2590. The van der Waals surface area contributed by atoms with Crippen LogP contribution in [0.1, 0.15) is 64.2 Å². The van der Waals surface area contributed by atoms with E-state index in [9.17, 15) is 5.11 Å². The second-order valence-corrected chi connectivity index (χ2v) is 16.6. The first-order valence-electron chi connectivity index (χ1n) is 20.8. The van der Waals surface area contributed by atoms with Crippen LogP contribution in [0.15, 0.2) is 97.2 Å². The molecule has 0 unspecified atom stereocenters. The lowest BCUT2D eigenvalue weighted by molar-refractivity contribution is -0.0472. The normalized spacial score (nSPS) is 19.7. The van der Waals surface area contributed by atoms with E-state index in [1.165, 1.54) is 5.56 Å². The summed E-state index contributed by atoms with van der Waals surface area (Å²) in [6, 6.07) is 29.4. The third-order valence-corrected chi connectivity index (χ3v) is 12.8. The molecule has 0 radical (unpaired) electrons. The molecule has 4 aliphatic heterocycles. The molecule has 2 aromatic heterocycles. The fourth-order valence-corrected chi connectivity index (χ4v) is 9.71. The summed E-state index contributed by atoms with van der Waals surface area (Å²) in [5.41, 5.74) is 8.41. The number of anilines is 2. The molecule has 310 valence electrons. The van der Waals surface area contributed by atoms with Gasteiger partial charge in [-0.3, -0.25) is 19.4 Å². The van der Waals surface area contributed by atoms with Crippen molar-refractivity contribution in [1.82, 2.24) is 18.9 Å². The van der Waals surface area contributed by atoms with Gasteiger partial charge < -0.3 is 33.4 Å². The predicted molar refractivity (Wildman–Crippen MR) is 234 cm³/mol. The molecule has 12 heteroatoms. The summed E-state index contributed by atoms with van der Waals surface area (Å²) < 4.78 is 22.1. The van der Waals surface area contributed by atoms with Crippen molar-refractivity contribution in [2.45, 2.75) is 70.7 Å². The maximum absolute atomic E-state index is 15.4. The van der Waals surface area contributed by atoms with E-state index in [4.69, 9.17) is 14.2 Å². The maximum atomic E-state index is 15.4. The molecule has 4 aromatic carbocycles. The van der Waals surface area contributed by atoms with Crippen LogP contribution in [0, 0.1) is 0 Å². The largest absolute Gasteiger partial charge is 0.508 e. The molecule has 1 saturated heterocycles. The molecule has 0 spiro atoms. The number of amides is 2. The first kappa shape index (κ1) is 39.7. The van der Waals surface area contributed by atoms with Gasteiger partial charge in [0.1, 0.15) is 5.75 Å². The zero-order chi connectivity index (χ0) is 40.4. The van der Waals surface area contributed by atoms with Crippen LogP contribution in [-0.4, -0.2) is 80.5 Å². The van der Waals surface area contributed by atoms with Crippen molar-refractivity contribution in [1.29, 1.82) is 0 Å². The van der Waals surface area contributed by atoms with Crippen LogP contribution < -0.4 is 14.4 Å². The van der Waals surface area contributed by atoms with Crippen LogP contribution in [0.4, 0.5) is 11.4 Å². The monoisotopic (exact) mass is 827 g/mol. The predicted octanol–water partition coefficient (Wildman–Crippen LogP) is 8.49. The molecule has 10 rings (SSSR count). The molecule has 0 bridgehead atoms. The van der Waals surface area contributed by atoms with E-state index in [0.717, 1.165) is 65.8 Å². The van der Waals surface area contributed by atoms with Crippen molar-refractivity contribution in [2.75, 3.05) is 31.5 Å². The Balaban J connectivity index is 0.00000462. The third-order valence-electron chi connectivity index (χ3n) is 12.8. The van der Waals surface area contributed by atoms with Crippen LogP contribution >= 0.6 is 12.4 Å². The van der Waals surface area contributed by atoms with E-state index < -0.39 is 0 Å². The number of rotatable bonds is 7. The zero-order valence-corrected chi connectivity index (χ0v) is 35.0. The number of morpholine rings is 1. The van der Waals surface area contributed by atoms with Crippen molar-refractivity contribution in [3.63, 3.8) is 0 Å². The molecule has 11 nitrogen and oxygen atoms in total. The summed E-state index contributed by atoms with van der Waals surface area (Å²) in [5, 5.41) is 11.2. The number of carbonyl (C=O) groups excluding carboxylic acids is 2. The maximum Gasteiger partial charge on any atom is 0.264 e. The lowest BCUT2D eigenvalue weighted by Gasteiger charge is -2.45. The number of phenols is 1. The van der Waals surface area contributed by atoms with E-state index in [1.54, 1.807) is 29.2 Å². The molecule has 0 aliphatic carbocycles. The minimum Gasteiger partial charge on any atom is -0.508 e. The molecular weight excluding hydrogens is 778 g/mol. The Kier molecular flexibility index (Phi) is 10.6. The number of fused-ring (bicyclic) bond motifs is 4. The summed E-state index contributed by atoms with van der Waals surface area (Å²) in [5.74, 6) is 0.981. The molecule has 1 N–H and O–H groups in total. The summed E-state index contributed by atoms with van der Waals surface area (Å²) in [4.78, 5) is 36.9. The number of hydrogen-bond donors (Lipinski definition) is 1. The van der Waals surface area contributed by atoms with Crippen molar-refractivity contribution in [3.8, 4) is 28.5 Å². The first-order chi connectivity index (χ1) is 28.7. The number of aromatic hydroxyl groups is 1. The van der Waals surface area contributed by atoms with Gasteiger partial charge in [-0.1, -0.05) is 24.3 Å². The fourth-order valence-electron chi connectivity index (χ4n) is 9.71. The van der Waals surface area contributed by atoms with Gasteiger partial charge in [-0.25, -0.2) is 0 Å². The summed E-state index contributed by atoms with van der Waals surface area (Å²) in [7, 11) is 2.00. The van der Waals surface area contributed by atoms with Crippen LogP contribution in [0.5, 0.6) is 17.2 Å². The zero-order valence-electron chi connectivity index (χ0n) is 34.2. The van der Waals surface area contributed by atoms with Gasteiger partial charge in [-0.05, 0) is 117 Å². The minimum atomic E-state index is -0.182. The quantitative estimate of drug-likeness (QED) is 0.172. The standard InChI is InChI=1S/C48H49N5O6.ClH/c1-30-27-57-28-31(2)51(30)26-37-20-32-8-4-5-9-34(32)25-52(37)47(55)40-24-46-45(58-29-59-46)23-39(40)44-22-41(43-10-6-7-18-50(43)44)48(56)53(35-11-14-38(54)15-12-35)36-13-16-42-33(21-36)17-19-49(42)3;/h4-5,8-9,11-17,19,21-24,30-31,37,54H,6-7,10,18,20,25-29H2,1-3H3;1H/t30-,31-,37-;/m0./s1. The Morgan fingerprint density at radius 2 is 1.57 bits per heavy atom. The number of hydrogen-bond acceptors (Lipinski definition) is 7. The Morgan fingerprint density at radius 3 is 2.35 bits per heavy atom. The number of halogens is 1. The summed E-state index contributed by atoms with van der Waals surface area (Å²) >= 11 is 0. The summed E-state index contributed by atoms with van der Waals surface area (Å²) in [6.45, 7) is 7.73. The highest BCUT2D eigenvalue weighted by atomic mass is 35.5. The number of aryl methyl sites for hydroxylation is 1. The topological polar surface area (TPSA) is 102 Å². The first-order valence-corrected chi connectivity index (χ1v) is 20.8. The average Bonchev–Trinajstić information content (AvgIpc) is 3.98. The van der Waals surface area contributed by atoms with E-state index in [2.05, 4.69) is 51.0 Å². The van der Waals surface area contributed by atoms with E-state index >= 15 is 9.59 Å². The van der Waals surface area contributed by atoms with Gasteiger partial charge in [0.15, 0.2) is 11.5 Å². The number of aromatic nitrogens is 2. The Labute approximate surface area is 356 Å². The number of ether oxygens (including phenoxy) is 3. The van der Waals surface area contributed by atoms with Gasteiger partial charge in [0, 0.05) is 90.2 Å². The summed E-state index contributed by atoms with van der Waals surface area (Å²) in [6.07, 6.45) is 5.37.